The van der Waals surface area contributed by atoms with Crippen molar-refractivity contribution >= 4 is 17.0 Å². The van der Waals surface area contributed by atoms with Crippen molar-refractivity contribution in [3.63, 3.8) is 0 Å². The number of H-pyrrole nitrogens is 2. The van der Waals surface area contributed by atoms with Crippen LogP contribution in [0.25, 0.3) is 11.2 Å². The first-order chi connectivity index (χ1) is 4.38. The SMILES string of the molecule is Nc1[nH]nc2nc[nH]c12. The maximum Gasteiger partial charge on any atom is 0.201 e. The van der Waals surface area contributed by atoms with Gasteiger partial charge in [-0.25, -0.2) is 4.98 Å². The van der Waals surface area contributed by atoms with Gasteiger partial charge in [-0.1, -0.05) is 0 Å². The van der Waals surface area contributed by atoms with Crippen LogP contribution in [0.3, 0.4) is 0 Å². The topological polar surface area (TPSA) is 83.4 Å². The lowest BCUT2D eigenvalue weighted by molar-refractivity contribution is 1.10. The van der Waals surface area contributed by atoms with E-state index in [-0.39, 0.29) is 0 Å². The second-order valence-corrected chi connectivity index (χ2v) is 1.74. The zero-order valence-corrected chi connectivity index (χ0v) is 4.55. The number of nitrogen functional groups attached to an aromatic ring is 1. The van der Waals surface area contributed by atoms with E-state index in [2.05, 4.69) is 20.2 Å². The average Bonchev–Trinajstić information content (AvgIpc) is 2.35. The summed E-state index contributed by atoms with van der Waals surface area (Å²) in [6.07, 6.45) is 1.56. The Morgan fingerprint density at radius 3 is 3.22 bits per heavy atom. The maximum absolute atomic E-state index is 5.43. The van der Waals surface area contributed by atoms with Gasteiger partial charge < -0.3 is 10.7 Å². The summed E-state index contributed by atoms with van der Waals surface area (Å²) in [5, 5.41) is 6.38. The van der Waals surface area contributed by atoms with Crippen LogP contribution < -0.4 is 5.73 Å². The number of rotatable bonds is 0. The normalized spacial score (nSPS) is 10.7. The molecule has 5 nitrogen and oxygen atoms in total. The number of aromatic amines is 2. The second kappa shape index (κ2) is 1.25. The third-order valence-corrected chi connectivity index (χ3v) is 1.17. The molecule has 5 heteroatoms. The van der Waals surface area contributed by atoms with E-state index in [4.69, 9.17) is 5.73 Å². The lowest BCUT2D eigenvalue weighted by Crippen LogP contribution is -1.84. The molecule has 0 aromatic carbocycles. The Kier molecular flexibility index (Phi) is 0.606. The van der Waals surface area contributed by atoms with Crippen LogP contribution in [0.5, 0.6) is 0 Å². The van der Waals surface area contributed by atoms with Crippen LogP contribution in [0.4, 0.5) is 5.82 Å². The van der Waals surface area contributed by atoms with E-state index >= 15 is 0 Å². The van der Waals surface area contributed by atoms with Gasteiger partial charge in [0.1, 0.15) is 11.3 Å². The minimum atomic E-state index is 0.530. The molecule has 0 atom stereocenters. The van der Waals surface area contributed by atoms with Gasteiger partial charge in [0, 0.05) is 0 Å². The van der Waals surface area contributed by atoms with Gasteiger partial charge in [0.15, 0.2) is 0 Å². The molecule has 46 valence electrons. The molecule has 0 radical (unpaired) electrons. The number of anilines is 1. The van der Waals surface area contributed by atoms with E-state index in [1.165, 1.54) is 0 Å². The number of nitrogens with zero attached hydrogens (tertiary/aromatic N) is 2. The lowest BCUT2D eigenvalue weighted by atomic mass is 10.6. The minimum Gasteiger partial charge on any atom is -0.382 e. The van der Waals surface area contributed by atoms with Gasteiger partial charge in [0.2, 0.25) is 5.65 Å². The van der Waals surface area contributed by atoms with Crippen molar-refractivity contribution in [2.75, 3.05) is 5.73 Å². The Balaban J connectivity index is 2.99. The van der Waals surface area contributed by atoms with Crippen molar-refractivity contribution in [2.45, 2.75) is 0 Å². The van der Waals surface area contributed by atoms with Gasteiger partial charge >= 0.3 is 0 Å². The third kappa shape index (κ3) is 0.426. The smallest absolute Gasteiger partial charge is 0.201 e. The molecule has 2 heterocycles. The number of fused-ring (bicyclic) bond motifs is 1. The minimum absolute atomic E-state index is 0.530. The summed E-state index contributed by atoms with van der Waals surface area (Å²) in [6, 6.07) is 0. The van der Waals surface area contributed by atoms with Crippen molar-refractivity contribution in [2.24, 2.45) is 0 Å². The highest BCUT2D eigenvalue weighted by Crippen LogP contribution is 2.10. The lowest BCUT2D eigenvalue weighted by Gasteiger charge is -1.77. The number of nitrogens with two attached hydrogens (primary N) is 1. The van der Waals surface area contributed by atoms with E-state index in [1.807, 2.05) is 0 Å². The molecule has 4 N–H and O–H groups in total. The Labute approximate surface area is 50.3 Å². The van der Waals surface area contributed by atoms with Gasteiger partial charge in [-0.05, 0) is 0 Å². The van der Waals surface area contributed by atoms with Crippen molar-refractivity contribution in [1.82, 2.24) is 20.2 Å². The zero-order chi connectivity index (χ0) is 6.27. The molecule has 0 fully saturated rings. The summed E-state index contributed by atoms with van der Waals surface area (Å²) < 4.78 is 0. The summed E-state index contributed by atoms with van der Waals surface area (Å²) in [5.41, 5.74) is 6.84. The molecule has 0 bridgehead atoms. The first-order valence-corrected chi connectivity index (χ1v) is 2.51. The molecule has 2 aromatic heterocycles. The highest BCUT2D eigenvalue weighted by atomic mass is 15.2. The number of hydrogen-bond donors (Lipinski definition) is 3. The van der Waals surface area contributed by atoms with E-state index in [0.29, 0.717) is 11.5 Å². The van der Waals surface area contributed by atoms with Crippen molar-refractivity contribution in [3.8, 4) is 0 Å². The van der Waals surface area contributed by atoms with Crippen molar-refractivity contribution < 1.29 is 0 Å². The molecule has 0 spiro atoms. The van der Waals surface area contributed by atoms with Crippen LogP contribution in [0.2, 0.25) is 0 Å². The fraction of sp³-hybridized carbons (Fsp3) is 0. The molecule has 0 aliphatic heterocycles. The predicted octanol–water partition coefficient (Wildman–Crippen LogP) is -0.132. The first kappa shape index (κ1) is 4.37. The van der Waals surface area contributed by atoms with Crippen molar-refractivity contribution in [3.05, 3.63) is 6.33 Å². The molecule has 0 aliphatic rings. The van der Waals surface area contributed by atoms with E-state index in [0.717, 1.165) is 5.52 Å². The Morgan fingerprint density at radius 2 is 2.44 bits per heavy atom. The Bertz CT molecular complexity index is 318. The van der Waals surface area contributed by atoms with Crippen LogP contribution in [0.15, 0.2) is 6.33 Å². The molecule has 0 aliphatic carbocycles. The second-order valence-electron chi connectivity index (χ2n) is 1.74. The largest absolute Gasteiger partial charge is 0.382 e. The molecule has 0 saturated carbocycles. The fourth-order valence-corrected chi connectivity index (χ4v) is 0.739. The first-order valence-electron chi connectivity index (χ1n) is 2.51. The number of imidazole rings is 1. The molecule has 0 unspecified atom stereocenters. The molecule has 0 amide bonds. The summed E-state index contributed by atoms with van der Waals surface area (Å²) in [7, 11) is 0. The van der Waals surface area contributed by atoms with Crippen LogP contribution in [-0.2, 0) is 0 Å². The monoisotopic (exact) mass is 123 g/mol. The molecule has 2 rings (SSSR count). The van der Waals surface area contributed by atoms with Crippen LogP contribution in [0.1, 0.15) is 0 Å². The quantitative estimate of drug-likeness (QED) is 0.456. The van der Waals surface area contributed by atoms with Gasteiger partial charge in [-0.3, -0.25) is 5.10 Å². The number of hydrogen-bond acceptors (Lipinski definition) is 3. The summed E-state index contributed by atoms with van der Waals surface area (Å²) >= 11 is 0. The molecular weight excluding hydrogens is 118 g/mol. The van der Waals surface area contributed by atoms with Crippen molar-refractivity contribution in [1.29, 1.82) is 0 Å². The molecule has 0 saturated heterocycles. The molecule has 9 heavy (non-hydrogen) atoms. The number of aromatic nitrogens is 4. The highest BCUT2D eigenvalue weighted by molar-refractivity contribution is 5.81. The van der Waals surface area contributed by atoms with Gasteiger partial charge in [-0.15, -0.1) is 0 Å². The van der Waals surface area contributed by atoms with Gasteiger partial charge in [0.05, 0.1) is 6.33 Å². The van der Waals surface area contributed by atoms with Gasteiger partial charge in [-0.2, -0.15) is 5.10 Å². The van der Waals surface area contributed by atoms with Gasteiger partial charge in [0.25, 0.3) is 0 Å². The predicted molar refractivity (Wildman–Crippen MR) is 32.7 cm³/mol. The maximum atomic E-state index is 5.43. The Hall–Kier alpha value is -1.52. The summed E-state index contributed by atoms with van der Waals surface area (Å²) in [4.78, 5) is 6.70. The van der Waals surface area contributed by atoms with Crippen LogP contribution in [-0.4, -0.2) is 20.2 Å². The summed E-state index contributed by atoms with van der Waals surface area (Å²) in [5.74, 6) is 0.530. The van der Waals surface area contributed by atoms with E-state index < -0.39 is 0 Å². The van der Waals surface area contributed by atoms with E-state index in [1.54, 1.807) is 6.33 Å². The molecular formula is C4H5N5. The third-order valence-electron chi connectivity index (χ3n) is 1.17. The Morgan fingerprint density at radius 1 is 1.56 bits per heavy atom. The van der Waals surface area contributed by atoms with Crippen LogP contribution in [0, 0.1) is 0 Å². The molecule has 2 aromatic rings. The fourth-order valence-electron chi connectivity index (χ4n) is 0.739. The zero-order valence-electron chi connectivity index (χ0n) is 4.55. The standard InChI is InChI=1S/C4H5N5/c5-3-2-4(9-8-3)7-1-6-2/h1H,(H4,5,6,7,8,9). The summed E-state index contributed by atoms with van der Waals surface area (Å²) in [6.45, 7) is 0. The average molecular weight is 123 g/mol. The van der Waals surface area contributed by atoms with Crippen LogP contribution >= 0.6 is 0 Å². The number of nitrogens with one attached hydrogen (secondary N) is 2. The highest BCUT2D eigenvalue weighted by Gasteiger charge is 2.00. The van der Waals surface area contributed by atoms with E-state index in [9.17, 15) is 0 Å².